The van der Waals surface area contributed by atoms with Crippen LogP contribution in [0.5, 0.6) is 0 Å². The minimum absolute atomic E-state index is 0.393. The molecule has 3 heterocycles. The van der Waals surface area contributed by atoms with Crippen LogP contribution in [-0.2, 0) is 0 Å². The molecule has 0 aliphatic carbocycles. The zero-order valence-electron chi connectivity index (χ0n) is 12.1. The lowest BCUT2D eigenvalue weighted by atomic mass is 10.0. The van der Waals surface area contributed by atoms with Gasteiger partial charge in [-0.25, -0.2) is 4.98 Å². The number of fused-ring (bicyclic) bond motifs is 1. The predicted octanol–water partition coefficient (Wildman–Crippen LogP) is 1.75. The highest BCUT2D eigenvalue weighted by molar-refractivity contribution is 5.83. The second-order valence-corrected chi connectivity index (χ2v) is 5.91. The first-order valence-corrected chi connectivity index (χ1v) is 7.81. The van der Waals surface area contributed by atoms with Gasteiger partial charge in [-0.2, -0.15) is 0 Å². The number of quaternary nitrogens is 1. The maximum atomic E-state index is 3.46. The van der Waals surface area contributed by atoms with Crippen molar-refractivity contribution in [2.45, 2.75) is 18.9 Å². The molecule has 2 aromatic heterocycles. The first kappa shape index (κ1) is 12.6. The van der Waals surface area contributed by atoms with Crippen LogP contribution in [0.1, 0.15) is 30.1 Å². The normalized spacial score (nSPS) is 17.3. The van der Waals surface area contributed by atoms with E-state index in [1.807, 2.05) is 6.20 Å². The summed E-state index contributed by atoms with van der Waals surface area (Å²) in [6, 6.07) is 15.4. The Bertz CT molecular complexity index is 726. The zero-order chi connectivity index (χ0) is 14.1. The molecule has 3 aromatic rings. The smallest absolute Gasteiger partial charge is 0.243 e. The Kier molecular flexibility index (Phi) is 3.20. The van der Waals surface area contributed by atoms with Gasteiger partial charge in [-0.15, -0.1) is 0 Å². The van der Waals surface area contributed by atoms with E-state index in [-0.39, 0.29) is 0 Å². The Labute approximate surface area is 124 Å². The van der Waals surface area contributed by atoms with E-state index in [4.69, 9.17) is 0 Å². The van der Waals surface area contributed by atoms with Gasteiger partial charge in [0.2, 0.25) is 11.7 Å². The number of nitrogens with one attached hydrogen (secondary N) is 3. The highest BCUT2D eigenvalue weighted by Crippen LogP contribution is 2.25. The largest absolute Gasteiger partial charge is 0.361 e. The summed E-state index contributed by atoms with van der Waals surface area (Å²) in [5, 5.41) is 1.35. The molecule has 1 saturated heterocycles. The molecule has 0 bridgehead atoms. The predicted molar refractivity (Wildman–Crippen MR) is 83.1 cm³/mol. The molecule has 3 N–H and O–H groups in total. The number of H-pyrrole nitrogens is 2. The van der Waals surface area contributed by atoms with Crippen LogP contribution < -0.4 is 9.88 Å². The van der Waals surface area contributed by atoms with Crippen molar-refractivity contribution < 1.29 is 9.88 Å². The average molecular weight is 279 g/mol. The van der Waals surface area contributed by atoms with Gasteiger partial charge in [-0.1, -0.05) is 18.2 Å². The van der Waals surface area contributed by atoms with E-state index in [1.165, 1.54) is 48.1 Å². The SMILES string of the molecule is c1ccc(C(c2c[nH]c3ccccc23)[NH+]2CCCC2)[nH+]c1. The van der Waals surface area contributed by atoms with E-state index in [0.717, 1.165) is 0 Å². The van der Waals surface area contributed by atoms with E-state index in [0.29, 0.717) is 6.04 Å². The quantitative estimate of drug-likeness (QED) is 0.732. The average Bonchev–Trinajstić information content (AvgIpc) is 3.20. The van der Waals surface area contributed by atoms with Gasteiger partial charge in [-0.3, -0.25) is 0 Å². The minimum atomic E-state index is 0.393. The fraction of sp³-hybridized carbons (Fsp3) is 0.278. The van der Waals surface area contributed by atoms with Gasteiger partial charge in [-0.05, 0) is 12.1 Å². The van der Waals surface area contributed by atoms with Crippen molar-refractivity contribution in [3.05, 3.63) is 66.1 Å². The van der Waals surface area contributed by atoms with Gasteiger partial charge in [0, 0.05) is 47.6 Å². The summed E-state index contributed by atoms with van der Waals surface area (Å²) in [5.74, 6) is 0. The molecule has 0 saturated carbocycles. The summed E-state index contributed by atoms with van der Waals surface area (Å²) in [6.07, 6.45) is 6.90. The molecular weight excluding hydrogens is 258 g/mol. The summed E-state index contributed by atoms with van der Waals surface area (Å²) in [7, 11) is 0. The van der Waals surface area contributed by atoms with Crippen LogP contribution in [0.25, 0.3) is 10.9 Å². The molecule has 1 aromatic carbocycles. The lowest BCUT2D eigenvalue weighted by molar-refractivity contribution is -0.918. The number of hydrogen-bond acceptors (Lipinski definition) is 0. The van der Waals surface area contributed by atoms with Crippen molar-refractivity contribution in [1.29, 1.82) is 0 Å². The number of aromatic amines is 2. The van der Waals surface area contributed by atoms with Crippen LogP contribution in [0.3, 0.4) is 0 Å². The van der Waals surface area contributed by atoms with Gasteiger partial charge < -0.3 is 9.88 Å². The van der Waals surface area contributed by atoms with Gasteiger partial charge >= 0.3 is 0 Å². The van der Waals surface area contributed by atoms with E-state index >= 15 is 0 Å². The fourth-order valence-electron chi connectivity index (χ4n) is 3.64. The van der Waals surface area contributed by atoms with Crippen molar-refractivity contribution in [2.24, 2.45) is 0 Å². The number of pyridine rings is 1. The number of para-hydroxylation sites is 1. The maximum absolute atomic E-state index is 3.46. The van der Waals surface area contributed by atoms with Crippen LogP contribution in [0.2, 0.25) is 0 Å². The van der Waals surface area contributed by atoms with Gasteiger partial charge in [0.15, 0.2) is 6.20 Å². The van der Waals surface area contributed by atoms with Crippen LogP contribution in [0, 0.1) is 0 Å². The third kappa shape index (κ3) is 2.24. The molecule has 1 fully saturated rings. The van der Waals surface area contributed by atoms with Crippen molar-refractivity contribution in [3.63, 3.8) is 0 Å². The highest BCUT2D eigenvalue weighted by Gasteiger charge is 2.34. The Morgan fingerprint density at radius 3 is 2.62 bits per heavy atom. The van der Waals surface area contributed by atoms with Crippen molar-refractivity contribution >= 4 is 10.9 Å². The second-order valence-electron chi connectivity index (χ2n) is 5.91. The highest BCUT2D eigenvalue weighted by atomic mass is 15.2. The zero-order valence-corrected chi connectivity index (χ0v) is 12.1. The van der Waals surface area contributed by atoms with Crippen LogP contribution in [0.4, 0.5) is 0 Å². The lowest BCUT2D eigenvalue weighted by Crippen LogP contribution is -3.10. The van der Waals surface area contributed by atoms with Crippen LogP contribution in [0.15, 0.2) is 54.9 Å². The molecule has 3 nitrogen and oxygen atoms in total. The molecule has 0 amide bonds. The number of rotatable bonds is 3. The van der Waals surface area contributed by atoms with Crippen molar-refractivity contribution in [1.82, 2.24) is 4.98 Å². The number of aromatic nitrogens is 2. The number of hydrogen-bond donors (Lipinski definition) is 2. The van der Waals surface area contributed by atoms with Crippen molar-refractivity contribution in [3.8, 4) is 0 Å². The summed E-state index contributed by atoms with van der Waals surface area (Å²) >= 11 is 0. The Morgan fingerprint density at radius 1 is 1.00 bits per heavy atom. The van der Waals surface area contributed by atoms with Gasteiger partial charge in [0.05, 0.1) is 13.1 Å². The molecule has 0 radical (unpaired) electrons. The summed E-state index contributed by atoms with van der Waals surface area (Å²) in [4.78, 5) is 8.57. The molecule has 3 heteroatoms. The van der Waals surface area contributed by atoms with Gasteiger partial charge in [0.25, 0.3) is 0 Å². The second kappa shape index (κ2) is 5.34. The maximum Gasteiger partial charge on any atom is 0.243 e. The van der Waals surface area contributed by atoms with E-state index in [9.17, 15) is 0 Å². The van der Waals surface area contributed by atoms with Crippen molar-refractivity contribution in [2.75, 3.05) is 13.1 Å². The Morgan fingerprint density at radius 2 is 1.81 bits per heavy atom. The fourth-order valence-corrected chi connectivity index (χ4v) is 3.64. The molecule has 4 rings (SSSR count). The minimum Gasteiger partial charge on any atom is -0.361 e. The third-order valence-electron chi connectivity index (χ3n) is 4.63. The monoisotopic (exact) mass is 279 g/mol. The summed E-state index contributed by atoms with van der Waals surface area (Å²) < 4.78 is 0. The van der Waals surface area contributed by atoms with Crippen LogP contribution in [-0.4, -0.2) is 18.1 Å². The molecule has 1 unspecified atom stereocenters. The Hall–Kier alpha value is -2.13. The molecule has 1 atom stereocenters. The van der Waals surface area contributed by atoms with Crippen LogP contribution >= 0.6 is 0 Å². The summed E-state index contributed by atoms with van der Waals surface area (Å²) in [6.45, 7) is 2.51. The number of benzene rings is 1. The molecule has 106 valence electrons. The molecule has 0 spiro atoms. The first-order chi connectivity index (χ1) is 10.4. The van der Waals surface area contributed by atoms with E-state index in [1.54, 1.807) is 4.90 Å². The molecule has 1 aliphatic heterocycles. The molecule has 21 heavy (non-hydrogen) atoms. The first-order valence-electron chi connectivity index (χ1n) is 7.81. The topological polar surface area (TPSA) is 34.4 Å². The lowest BCUT2D eigenvalue weighted by Gasteiger charge is -2.21. The molecular formula is C18H21N3+2. The summed E-state index contributed by atoms with van der Waals surface area (Å²) in [5.41, 5.74) is 3.94. The van der Waals surface area contributed by atoms with E-state index < -0.39 is 0 Å². The number of likely N-dealkylation sites (tertiary alicyclic amines) is 1. The third-order valence-corrected chi connectivity index (χ3v) is 4.63. The van der Waals surface area contributed by atoms with Gasteiger partial charge in [0.1, 0.15) is 0 Å². The molecule has 1 aliphatic rings. The standard InChI is InChI=1S/C18H19N3/c1-2-8-16-14(7-1)15(13-20-16)18(21-11-5-6-12-21)17-9-3-4-10-19-17/h1-4,7-10,13,18,20H,5-6,11-12H2/p+2. The Balaban J connectivity index is 1.85. The van der Waals surface area contributed by atoms with E-state index in [2.05, 4.69) is 58.6 Å².